The number of nitrogens with one attached hydrogen (secondary N) is 3. The number of carbonyl (C=O) groups excluding carboxylic acids is 2. The second-order valence-electron chi connectivity index (χ2n) is 9.66. The number of pyridine rings is 1. The van der Waals surface area contributed by atoms with Crippen molar-refractivity contribution >= 4 is 34.6 Å². The first-order chi connectivity index (χ1) is 18.9. The van der Waals surface area contributed by atoms with Crippen molar-refractivity contribution in [2.75, 3.05) is 38.1 Å². The molecule has 4 aromatic heterocycles. The number of rotatable bonds is 10. The van der Waals surface area contributed by atoms with Crippen LogP contribution in [0.5, 0.6) is 0 Å². The van der Waals surface area contributed by atoms with Crippen molar-refractivity contribution in [3.05, 3.63) is 53.7 Å². The Hall–Kier alpha value is -3.83. The number of anilines is 1. The lowest BCUT2D eigenvalue weighted by molar-refractivity contribution is -0.578. The Balaban J connectivity index is 1.52. The number of H-pyrrole nitrogens is 1. The second-order valence-corrected chi connectivity index (χ2v) is 10.6. The minimum absolute atomic E-state index is 0.0580. The van der Waals surface area contributed by atoms with Gasteiger partial charge in [-0.2, -0.15) is 0 Å². The van der Waals surface area contributed by atoms with Crippen LogP contribution in [0.4, 0.5) is 5.82 Å². The van der Waals surface area contributed by atoms with Crippen LogP contribution in [0, 0.1) is 0 Å². The van der Waals surface area contributed by atoms with E-state index in [0.717, 1.165) is 35.6 Å². The summed E-state index contributed by atoms with van der Waals surface area (Å²) in [7, 11) is 1.64. The topological polar surface area (TPSA) is 110 Å². The van der Waals surface area contributed by atoms with Crippen LogP contribution in [0.15, 0.2) is 48.1 Å². The van der Waals surface area contributed by atoms with Crippen LogP contribution < -0.4 is 20.0 Å². The molecule has 3 N–H and O–H groups in total. The lowest BCUT2D eigenvalue weighted by Crippen LogP contribution is -2.56. The van der Waals surface area contributed by atoms with Gasteiger partial charge in [-0.1, -0.05) is 19.9 Å². The van der Waals surface area contributed by atoms with Crippen LogP contribution in [0.3, 0.4) is 0 Å². The zero-order valence-corrected chi connectivity index (χ0v) is 23.6. The summed E-state index contributed by atoms with van der Waals surface area (Å²) in [6.07, 6.45) is 4.52. The van der Waals surface area contributed by atoms with E-state index in [0.29, 0.717) is 35.8 Å². The van der Waals surface area contributed by atoms with Crippen molar-refractivity contribution < 1.29 is 14.1 Å². The Labute approximate surface area is 232 Å². The summed E-state index contributed by atoms with van der Waals surface area (Å²) < 4.78 is 1.84. The Kier molecular flexibility index (Phi) is 7.89. The fourth-order valence-corrected chi connectivity index (χ4v) is 5.71. The highest BCUT2D eigenvalue weighted by Gasteiger charge is 2.35. The number of carbonyl (C=O) groups is 2. The van der Waals surface area contributed by atoms with Gasteiger partial charge in [0.15, 0.2) is 5.69 Å². The number of nitrogens with zero attached hydrogens (tertiary/aromatic N) is 5. The number of fused-ring (bicyclic) bond motifs is 1. The molecule has 39 heavy (non-hydrogen) atoms. The van der Waals surface area contributed by atoms with Crippen LogP contribution in [-0.4, -0.2) is 77.1 Å². The predicted octanol–water partition coefficient (Wildman–Crippen LogP) is 2.72. The number of hydrogen-bond donors (Lipinski definition) is 3. The van der Waals surface area contributed by atoms with Crippen molar-refractivity contribution in [3.63, 3.8) is 0 Å². The van der Waals surface area contributed by atoms with Crippen molar-refractivity contribution in [1.29, 1.82) is 0 Å². The highest BCUT2D eigenvalue weighted by molar-refractivity contribution is 7.13. The van der Waals surface area contributed by atoms with Gasteiger partial charge in [0.1, 0.15) is 23.6 Å². The van der Waals surface area contributed by atoms with Crippen molar-refractivity contribution in [3.8, 4) is 21.8 Å². The van der Waals surface area contributed by atoms with E-state index in [1.54, 1.807) is 30.5 Å². The highest BCUT2D eigenvalue weighted by atomic mass is 32.1. The van der Waals surface area contributed by atoms with E-state index in [9.17, 15) is 9.59 Å². The zero-order chi connectivity index (χ0) is 27.5. The average Bonchev–Trinajstić information content (AvgIpc) is 3.61. The maximum Gasteiger partial charge on any atom is 0.358 e. The molecule has 0 aliphatic carbocycles. The molecule has 1 aliphatic heterocycles. The van der Waals surface area contributed by atoms with Gasteiger partial charge in [-0.3, -0.25) is 14.5 Å². The fourth-order valence-electron chi connectivity index (χ4n) is 5.02. The molecule has 5 rings (SSSR count). The maximum absolute atomic E-state index is 13.4. The van der Waals surface area contributed by atoms with Crippen molar-refractivity contribution in [2.24, 2.45) is 0 Å². The number of likely N-dealkylation sites (N-methyl/N-ethyl adjacent to an activating group) is 2. The molecule has 10 nitrogen and oxygen atoms in total. The summed E-state index contributed by atoms with van der Waals surface area (Å²) in [5.74, 6) is 0.371. The summed E-state index contributed by atoms with van der Waals surface area (Å²) in [5.41, 5.74) is 3.47. The third-order valence-electron chi connectivity index (χ3n) is 7.41. The molecule has 0 bridgehead atoms. The fraction of sp³-hybridized carbons (Fsp3) is 0.393. The summed E-state index contributed by atoms with van der Waals surface area (Å²) in [4.78, 5) is 41.0. The van der Waals surface area contributed by atoms with E-state index in [2.05, 4.69) is 41.4 Å². The largest absolute Gasteiger partial charge is 0.358 e. The van der Waals surface area contributed by atoms with Gasteiger partial charge in [-0.15, -0.1) is 15.9 Å². The lowest BCUT2D eigenvalue weighted by atomic mass is 10.0. The second kappa shape index (κ2) is 11.5. The molecule has 4 aromatic rings. The SMILES string of the molecule is CCN(CC)[C@@H](C)CNC(=O)c1cc(-c2c[nH][n+]3ccc(-c4cccs4)nc23)nc(N2CC[C@H]2C(=O)NC)c1. The molecule has 0 saturated carbocycles. The van der Waals surface area contributed by atoms with Crippen LogP contribution >= 0.6 is 11.3 Å². The first kappa shape index (κ1) is 26.8. The van der Waals surface area contributed by atoms with E-state index in [1.165, 1.54) is 0 Å². The molecule has 1 saturated heterocycles. The Morgan fingerprint density at radius 3 is 2.72 bits per heavy atom. The molecule has 0 unspecified atom stereocenters. The van der Waals surface area contributed by atoms with Crippen molar-refractivity contribution in [2.45, 2.75) is 39.3 Å². The standard InChI is InChI=1S/C28H34N8O2S/c1-5-34(6-2)18(3)16-30-27(37)19-14-22(32-25(15-19)35-11-10-23(35)28(38)29-4)20-17-31-36-12-9-21(33-26(20)36)24-8-7-13-39-24/h7-9,12-15,17-18,23H,5-6,10-11,16H2,1-4H3,(H2,29,30,37,38)/p+1/t18-,23-/m0/s1. The molecule has 2 amide bonds. The molecule has 1 aliphatic rings. The Bertz CT molecular complexity index is 1460. The minimum atomic E-state index is -0.308. The van der Waals surface area contributed by atoms with E-state index >= 15 is 0 Å². The van der Waals surface area contributed by atoms with Crippen LogP contribution in [0.25, 0.3) is 27.5 Å². The van der Waals surface area contributed by atoms with Gasteiger partial charge in [0, 0.05) is 37.8 Å². The monoisotopic (exact) mass is 547 g/mol. The number of thiophene rings is 1. The van der Waals surface area contributed by atoms with Gasteiger partial charge in [-0.25, -0.2) is 10.1 Å². The first-order valence-corrected chi connectivity index (χ1v) is 14.3. The van der Waals surface area contributed by atoms with E-state index < -0.39 is 0 Å². The van der Waals surface area contributed by atoms with E-state index in [-0.39, 0.29) is 23.9 Å². The van der Waals surface area contributed by atoms with Crippen LogP contribution in [0.2, 0.25) is 0 Å². The van der Waals surface area contributed by atoms with Gasteiger partial charge in [0.2, 0.25) is 5.91 Å². The smallest absolute Gasteiger partial charge is 0.357 e. The lowest BCUT2D eigenvalue weighted by Gasteiger charge is -2.40. The first-order valence-electron chi connectivity index (χ1n) is 13.4. The maximum atomic E-state index is 13.4. The van der Waals surface area contributed by atoms with Gasteiger partial charge in [-0.05, 0) is 55.0 Å². The third kappa shape index (κ3) is 5.37. The number of hydrogen-bond acceptors (Lipinski definition) is 7. The number of aromatic nitrogens is 4. The average molecular weight is 548 g/mol. The molecule has 0 radical (unpaired) electrons. The molecule has 2 atom stereocenters. The quantitative estimate of drug-likeness (QED) is 0.264. The summed E-state index contributed by atoms with van der Waals surface area (Å²) >= 11 is 1.63. The van der Waals surface area contributed by atoms with E-state index in [4.69, 9.17) is 9.97 Å². The zero-order valence-electron chi connectivity index (χ0n) is 22.8. The Morgan fingerprint density at radius 1 is 1.23 bits per heavy atom. The minimum Gasteiger partial charge on any atom is -0.357 e. The summed E-state index contributed by atoms with van der Waals surface area (Å²) in [6.45, 7) is 9.43. The van der Waals surface area contributed by atoms with Crippen molar-refractivity contribution in [1.82, 2.24) is 30.6 Å². The van der Waals surface area contributed by atoms with Crippen LogP contribution in [0.1, 0.15) is 37.6 Å². The number of amides is 2. The van der Waals surface area contributed by atoms with Gasteiger partial charge in [0.05, 0.1) is 16.8 Å². The Morgan fingerprint density at radius 2 is 2.05 bits per heavy atom. The third-order valence-corrected chi connectivity index (χ3v) is 8.30. The molecule has 204 valence electrons. The van der Waals surface area contributed by atoms with Gasteiger partial charge >= 0.3 is 5.65 Å². The number of aromatic amines is 1. The molecular formula is C28H35N8O2S+. The molecule has 0 spiro atoms. The van der Waals surface area contributed by atoms with Gasteiger partial charge < -0.3 is 15.5 Å². The van der Waals surface area contributed by atoms with Gasteiger partial charge in [0.25, 0.3) is 5.91 Å². The highest BCUT2D eigenvalue weighted by Crippen LogP contribution is 2.31. The predicted molar refractivity (Wildman–Crippen MR) is 153 cm³/mol. The molecular weight excluding hydrogens is 512 g/mol. The normalized spacial score (nSPS) is 15.8. The molecule has 5 heterocycles. The summed E-state index contributed by atoms with van der Waals surface area (Å²) in [5, 5.41) is 11.1. The molecule has 0 aromatic carbocycles. The summed E-state index contributed by atoms with van der Waals surface area (Å²) in [6, 6.07) is 9.50. The van der Waals surface area contributed by atoms with Crippen LogP contribution in [-0.2, 0) is 4.79 Å². The molecule has 1 fully saturated rings. The van der Waals surface area contributed by atoms with E-state index in [1.807, 2.05) is 45.4 Å². The molecule has 11 heteroatoms.